The van der Waals surface area contributed by atoms with E-state index in [0.717, 1.165) is 32.2 Å². The van der Waals surface area contributed by atoms with E-state index in [0.29, 0.717) is 12.5 Å². The largest absolute Gasteiger partial charge is 0.351 e. The highest BCUT2D eigenvalue weighted by atomic mass is 16.2. The lowest BCUT2D eigenvalue weighted by Crippen LogP contribution is -2.58. The summed E-state index contributed by atoms with van der Waals surface area (Å²) in [5.41, 5.74) is 0.0712. The first-order valence-corrected chi connectivity index (χ1v) is 8.10. The number of hydrogen-bond acceptors (Lipinski definition) is 3. The summed E-state index contributed by atoms with van der Waals surface area (Å²) in [7, 11) is 0. The summed E-state index contributed by atoms with van der Waals surface area (Å²) in [6.07, 6.45) is 4.52. The Labute approximate surface area is 127 Å². The Balaban J connectivity index is 2.04. The first kappa shape index (κ1) is 16.3. The molecule has 0 spiro atoms. The molecule has 0 aromatic carbocycles. The summed E-state index contributed by atoms with van der Waals surface area (Å²) in [5, 5.41) is 6.70. The zero-order valence-corrected chi connectivity index (χ0v) is 13.7. The van der Waals surface area contributed by atoms with Crippen molar-refractivity contribution in [2.75, 3.05) is 6.54 Å². The van der Waals surface area contributed by atoms with Crippen molar-refractivity contribution in [3.63, 3.8) is 0 Å². The second-order valence-electron chi connectivity index (χ2n) is 7.47. The van der Waals surface area contributed by atoms with Gasteiger partial charge in [0.05, 0.1) is 12.1 Å². The predicted molar refractivity (Wildman–Crippen MR) is 82.9 cm³/mol. The first-order chi connectivity index (χ1) is 9.76. The van der Waals surface area contributed by atoms with Crippen LogP contribution < -0.4 is 10.6 Å². The zero-order chi connectivity index (χ0) is 15.6. The van der Waals surface area contributed by atoms with Crippen LogP contribution in [0.15, 0.2) is 0 Å². The molecule has 0 radical (unpaired) electrons. The fraction of sp³-hybridized carbons (Fsp3) is 0.875. The Bertz CT molecular complexity index is 403. The van der Waals surface area contributed by atoms with E-state index >= 15 is 0 Å². The van der Waals surface area contributed by atoms with Crippen molar-refractivity contribution in [3.8, 4) is 0 Å². The van der Waals surface area contributed by atoms with E-state index in [1.807, 2.05) is 4.90 Å². The number of carbonyl (C=O) groups excluding carboxylic acids is 2. The molecule has 0 aromatic heterocycles. The smallest absolute Gasteiger partial charge is 0.222 e. The number of carbonyl (C=O) groups is 2. The minimum atomic E-state index is -0.00643. The van der Waals surface area contributed by atoms with E-state index in [4.69, 9.17) is 0 Å². The Hall–Kier alpha value is -1.10. The number of likely N-dealkylation sites (tertiary alicyclic amines) is 1. The standard InChI is InChI=1S/C16H29N3O2/c1-11(20)17-13-10-12(18-16(2,3)4)7-8-14(13)19-9-5-6-15(19)21/h12-14,18H,5-10H2,1-4H3,(H,17,20)/t12-,13-,14+/m1/s1. The maximum Gasteiger partial charge on any atom is 0.222 e. The van der Waals surface area contributed by atoms with Gasteiger partial charge in [0.25, 0.3) is 0 Å². The highest BCUT2D eigenvalue weighted by Crippen LogP contribution is 2.28. The number of nitrogens with zero attached hydrogens (tertiary/aromatic N) is 1. The Morgan fingerprint density at radius 1 is 1.29 bits per heavy atom. The molecule has 5 heteroatoms. The average molecular weight is 295 g/mol. The van der Waals surface area contributed by atoms with Crippen molar-refractivity contribution in [2.24, 2.45) is 0 Å². The molecular formula is C16H29N3O2. The highest BCUT2D eigenvalue weighted by molar-refractivity contribution is 5.79. The monoisotopic (exact) mass is 295 g/mol. The van der Waals surface area contributed by atoms with Gasteiger partial charge in [0.15, 0.2) is 0 Å². The van der Waals surface area contributed by atoms with Crippen LogP contribution in [-0.4, -0.2) is 46.9 Å². The molecule has 1 heterocycles. The van der Waals surface area contributed by atoms with Gasteiger partial charge in [-0.2, -0.15) is 0 Å². The number of amides is 2. The summed E-state index contributed by atoms with van der Waals surface area (Å²) in [6.45, 7) is 8.89. The van der Waals surface area contributed by atoms with Crippen LogP contribution in [0, 0.1) is 0 Å². The molecule has 2 N–H and O–H groups in total. The van der Waals surface area contributed by atoms with Gasteiger partial charge in [-0.05, 0) is 46.5 Å². The van der Waals surface area contributed by atoms with Gasteiger partial charge in [-0.25, -0.2) is 0 Å². The van der Waals surface area contributed by atoms with Crippen LogP contribution in [0.3, 0.4) is 0 Å². The fourth-order valence-corrected chi connectivity index (χ4v) is 3.71. The fourth-order valence-electron chi connectivity index (χ4n) is 3.71. The van der Waals surface area contributed by atoms with Crippen LogP contribution in [-0.2, 0) is 9.59 Å². The summed E-state index contributed by atoms with van der Waals surface area (Å²) in [5.74, 6) is 0.241. The molecule has 1 aliphatic heterocycles. The lowest BCUT2D eigenvalue weighted by molar-refractivity contribution is -0.132. The van der Waals surface area contributed by atoms with Crippen molar-refractivity contribution in [3.05, 3.63) is 0 Å². The molecule has 0 unspecified atom stereocenters. The molecule has 5 nitrogen and oxygen atoms in total. The molecule has 0 aromatic rings. The minimum absolute atomic E-state index is 0.00643. The second kappa shape index (κ2) is 6.34. The summed E-state index contributed by atoms with van der Waals surface area (Å²) >= 11 is 0. The summed E-state index contributed by atoms with van der Waals surface area (Å²) in [6, 6.07) is 0.635. The highest BCUT2D eigenvalue weighted by Gasteiger charge is 2.38. The summed E-state index contributed by atoms with van der Waals surface area (Å²) in [4.78, 5) is 25.5. The molecule has 1 saturated carbocycles. The summed E-state index contributed by atoms with van der Waals surface area (Å²) < 4.78 is 0. The number of nitrogens with one attached hydrogen (secondary N) is 2. The lowest BCUT2D eigenvalue weighted by Gasteiger charge is -2.43. The quantitative estimate of drug-likeness (QED) is 0.828. The van der Waals surface area contributed by atoms with Gasteiger partial charge in [-0.3, -0.25) is 9.59 Å². The van der Waals surface area contributed by atoms with Crippen molar-refractivity contribution in [1.82, 2.24) is 15.5 Å². The van der Waals surface area contributed by atoms with Gasteiger partial charge in [0.1, 0.15) is 0 Å². The van der Waals surface area contributed by atoms with E-state index < -0.39 is 0 Å². The van der Waals surface area contributed by atoms with Crippen LogP contribution >= 0.6 is 0 Å². The molecule has 2 fully saturated rings. The third-order valence-electron chi connectivity index (χ3n) is 4.35. The lowest BCUT2D eigenvalue weighted by atomic mass is 9.84. The van der Waals surface area contributed by atoms with E-state index in [9.17, 15) is 9.59 Å². The van der Waals surface area contributed by atoms with Crippen molar-refractivity contribution < 1.29 is 9.59 Å². The SMILES string of the molecule is CC(=O)N[C@@H]1C[C@H](NC(C)(C)C)CC[C@@H]1N1CCCC1=O. The van der Waals surface area contributed by atoms with E-state index in [1.165, 1.54) is 0 Å². The van der Waals surface area contributed by atoms with Gasteiger partial charge >= 0.3 is 0 Å². The normalized spacial score (nSPS) is 30.6. The minimum Gasteiger partial charge on any atom is -0.351 e. The molecule has 1 saturated heterocycles. The van der Waals surface area contributed by atoms with Crippen molar-refractivity contribution in [1.29, 1.82) is 0 Å². The molecule has 3 atom stereocenters. The number of hydrogen-bond donors (Lipinski definition) is 2. The molecule has 120 valence electrons. The van der Waals surface area contributed by atoms with E-state index in [-0.39, 0.29) is 29.4 Å². The second-order valence-corrected chi connectivity index (χ2v) is 7.47. The van der Waals surface area contributed by atoms with Crippen molar-refractivity contribution in [2.45, 2.75) is 83.5 Å². The predicted octanol–water partition coefficient (Wildman–Crippen LogP) is 1.42. The molecule has 0 bridgehead atoms. The van der Waals surface area contributed by atoms with Crippen LogP contribution in [0.1, 0.15) is 59.8 Å². The van der Waals surface area contributed by atoms with Gasteiger partial charge in [0, 0.05) is 31.5 Å². The van der Waals surface area contributed by atoms with Gasteiger partial charge < -0.3 is 15.5 Å². The molecule has 2 rings (SSSR count). The molecular weight excluding hydrogens is 266 g/mol. The van der Waals surface area contributed by atoms with Crippen molar-refractivity contribution >= 4 is 11.8 Å². The zero-order valence-electron chi connectivity index (χ0n) is 13.7. The molecule has 2 aliphatic rings. The average Bonchev–Trinajstić information content (AvgIpc) is 2.73. The topological polar surface area (TPSA) is 61.4 Å². The van der Waals surface area contributed by atoms with E-state index in [1.54, 1.807) is 6.92 Å². The van der Waals surface area contributed by atoms with Crippen LogP contribution in [0.5, 0.6) is 0 Å². The maximum atomic E-state index is 12.0. The van der Waals surface area contributed by atoms with E-state index in [2.05, 4.69) is 31.4 Å². The van der Waals surface area contributed by atoms with Crippen LogP contribution in [0.2, 0.25) is 0 Å². The maximum absolute atomic E-state index is 12.0. The van der Waals surface area contributed by atoms with Gasteiger partial charge in [0.2, 0.25) is 11.8 Å². The number of rotatable bonds is 3. The third-order valence-corrected chi connectivity index (χ3v) is 4.35. The molecule has 2 amide bonds. The van der Waals surface area contributed by atoms with Crippen LogP contribution in [0.25, 0.3) is 0 Å². The third kappa shape index (κ3) is 4.43. The first-order valence-electron chi connectivity index (χ1n) is 8.10. The van der Waals surface area contributed by atoms with Crippen LogP contribution in [0.4, 0.5) is 0 Å². The Morgan fingerprint density at radius 3 is 2.52 bits per heavy atom. The van der Waals surface area contributed by atoms with Gasteiger partial charge in [-0.1, -0.05) is 0 Å². The Morgan fingerprint density at radius 2 is 2.00 bits per heavy atom. The molecule has 21 heavy (non-hydrogen) atoms. The van der Waals surface area contributed by atoms with Gasteiger partial charge in [-0.15, -0.1) is 0 Å². The Kier molecular flexibility index (Phi) is 4.91. The molecule has 1 aliphatic carbocycles.